The second-order valence-electron chi connectivity index (χ2n) is 2.02. The lowest BCUT2D eigenvalue weighted by Gasteiger charge is -2.03. The summed E-state index contributed by atoms with van der Waals surface area (Å²) >= 11 is 7.14. The van der Waals surface area contributed by atoms with Crippen molar-refractivity contribution < 1.29 is 5.21 Å². The van der Waals surface area contributed by atoms with E-state index < -0.39 is 0 Å². The van der Waals surface area contributed by atoms with Gasteiger partial charge in [0.2, 0.25) is 0 Å². The van der Waals surface area contributed by atoms with E-state index in [4.69, 9.17) is 16.8 Å². The summed E-state index contributed by atoms with van der Waals surface area (Å²) in [6.45, 7) is 0.539. The molecule has 0 fully saturated rings. The summed E-state index contributed by atoms with van der Waals surface area (Å²) in [6, 6.07) is 3.73. The third kappa shape index (κ3) is 2.27. The van der Waals surface area contributed by atoms with Gasteiger partial charge < -0.3 is 5.21 Å². The van der Waals surface area contributed by atoms with Crippen molar-refractivity contribution in [2.75, 3.05) is 7.05 Å². The van der Waals surface area contributed by atoms with Gasteiger partial charge in [0, 0.05) is 11.9 Å². The Balaban J connectivity index is 2.58. The first-order valence-corrected chi connectivity index (χ1v) is 4.02. The van der Waals surface area contributed by atoms with Gasteiger partial charge in [-0.3, -0.25) is 0 Å². The van der Waals surface area contributed by atoms with E-state index in [1.165, 1.54) is 11.3 Å². The highest BCUT2D eigenvalue weighted by Gasteiger charge is 1.98. The average Bonchev–Trinajstić information content (AvgIpc) is 2.13. The topological polar surface area (TPSA) is 23.5 Å². The molecule has 0 unspecified atom stereocenters. The summed E-state index contributed by atoms with van der Waals surface area (Å²) in [5, 5.41) is 9.94. The first-order valence-electron chi connectivity index (χ1n) is 2.82. The molecule has 1 N–H and O–H groups in total. The predicted molar refractivity (Wildman–Crippen MR) is 42.6 cm³/mol. The lowest BCUT2D eigenvalue weighted by molar-refractivity contribution is -0.0723. The maximum absolute atomic E-state index is 8.81. The van der Waals surface area contributed by atoms with Crippen LogP contribution in [0.1, 0.15) is 4.88 Å². The SMILES string of the molecule is CN(O)Cc1ccc(Cl)s1. The molecular formula is C6H8ClNOS. The number of hydroxylamine groups is 2. The summed E-state index contributed by atoms with van der Waals surface area (Å²) in [7, 11) is 1.60. The minimum absolute atomic E-state index is 0.539. The smallest absolute Gasteiger partial charge is 0.0931 e. The summed E-state index contributed by atoms with van der Waals surface area (Å²) in [6.07, 6.45) is 0. The molecule has 0 saturated carbocycles. The van der Waals surface area contributed by atoms with Crippen LogP contribution in [0.15, 0.2) is 12.1 Å². The summed E-state index contributed by atoms with van der Waals surface area (Å²) < 4.78 is 0.761. The van der Waals surface area contributed by atoms with Crippen molar-refractivity contribution in [2.45, 2.75) is 6.54 Å². The van der Waals surface area contributed by atoms with Crippen LogP contribution in [0.2, 0.25) is 4.34 Å². The standard InChI is InChI=1S/C6H8ClNOS/c1-8(9)4-5-2-3-6(7)10-5/h2-3,9H,4H2,1H3. The Labute approximate surface area is 68.6 Å². The molecule has 0 spiro atoms. The fourth-order valence-corrected chi connectivity index (χ4v) is 1.80. The van der Waals surface area contributed by atoms with Gasteiger partial charge in [0.15, 0.2) is 0 Å². The van der Waals surface area contributed by atoms with Gasteiger partial charge >= 0.3 is 0 Å². The van der Waals surface area contributed by atoms with E-state index in [9.17, 15) is 0 Å². The molecule has 56 valence electrons. The van der Waals surface area contributed by atoms with Crippen LogP contribution in [-0.2, 0) is 6.54 Å². The molecule has 0 saturated heterocycles. The van der Waals surface area contributed by atoms with Crippen molar-refractivity contribution in [1.82, 2.24) is 5.06 Å². The quantitative estimate of drug-likeness (QED) is 0.701. The number of hydrogen-bond donors (Lipinski definition) is 1. The Morgan fingerprint density at radius 1 is 1.70 bits per heavy atom. The van der Waals surface area contributed by atoms with E-state index in [-0.39, 0.29) is 0 Å². The molecule has 10 heavy (non-hydrogen) atoms. The van der Waals surface area contributed by atoms with Crippen LogP contribution in [0.5, 0.6) is 0 Å². The first-order chi connectivity index (χ1) is 4.68. The van der Waals surface area contributed by atoms with E-state index in [0.29, 0.717) is 6.54 Å². The molecule has 0 aliphatic carbocycles. The van der Waals surface area contributed by atoms with Crippen LogP contribution in [0.3, 0.4) is 0 Å². The van der Waals surface area contributed by atoms with Crippen LogP contribution in [0, 0.1) is 0 Å². The Morgan fingerprint density at radius 2 is 2.40 bits per heavy atom. The Hall–Kier alpha value is -0.0900. The van der Waals surface area contributed by atoms with E-state index in [1.807, 2.05) is 12.1 Å². The van der Waals surface area contributed by atoms with Gasteiger partial charge in [0.25, 0.3) is 0 Å². The zero-order chi connectivity index (χ0) is 7.56. The number of nitrogens with zero attached hydrogens (tertiary/aromatic N) is 1. The number of rotatable bonds is 2. The van der Waals surface area contributed by atoms with Crippen LogP contribution in [-0.4, -0.2) is 17.3 Å². The van der Waals surface area contributed by atoms with Gasteiger partial charge in [-0.2, -0.15) is 5.06 Å². The Morgan fingerprint density at radius 3 is 2.80 bits per heavy atom. The molecule has 4 heteroatoms. The molecule has 0 aromatic carbocycles. The molecule has 1 aromatic heterocycles. The zero-order valence-electron chi connectivity index (χ0n) is 5.54. The third-order valence-electron chi connectivity index (χ3n) is 1.01. The lowest BCUT2D eigenvalue weighted by atomic mass is 10.5. The van der Waals surface area contributed by atoms with Crippen molar-refractivity contribution in [3.05, 3.63) is 21.3 Å². The van der Waals surface area contributed by atoms with Crippen LogP contribution in [0.25, 0.3) is 0 Å². The minimum atomic E-state index is 0.539. The lowest BCUT2D eigenvalue weighted by Crippen LogP contribution is -2.10. The highest BCUT2D eigenvalue weighted by atomic mass is 35.5. The molecule has 1 aromatic rings. The monoisotopic (exact) mass is 177 g/mol. The van der Waals surface area contributed by atoms with Gasteiger partial charge in [0.1, 0.15) is 0 Å². The van der Waals surface area contributed by atoms with Crippen LogP contribution < -0.4 is 0 Å². The summed E-state index contributed by atoms with van der Waals surface area (Å²) in [5.41, 5.74) is 0. The van der Waals surface area contributed by atoms with E-state index >= 15 is 0 Å². The van der Waals surface area contributed by atoms with Crippen molar-refractivity contribution in [3.63, 3.8) is 0 Å². The molecule has 0 atom stereocenters. The summed E-state index contributed by atoms with van der Waals surface area (Å²) in [5.74, 6) is 0. The fraction of sp³-hybridized carbons (Fsp3) is 0.333. The molecule has 0 radical (unpaired) electrons. The largest absolute Gasteiger partial charge is 0.314 e. The Bertz CT molecular complexity index is 211. The third-order valence-corrected chi connectivity index (χ3v) is 2.23. The molecule has 1 heterocycles. The number of thiophene rings is 1. The van der Waals surface area contributed by atoms with Crippen molar-refractivity contribution in [1.29, 1.82) is 0 Å². The number of hydrogen-bond acceptors (Lipinski definition) is 3. The van der Waals surface area contributed by atoms with E-state index in [2.05, 4.69) is 0 Å². The maximum atomic E-state index is 8.81. The molecule has 0 aliphatic rings. The highest BCUT2D eigenvalue weighted by Crippen LogP contribution is 2.21. The van der Waals surface area contributed by atoms with Crippen LogP contribution in [0.4, 0.5) is 0 Å². The van der Waals surface area contributed by atoms with Crippen molar-refractivity contribution >= 4 is 22.9 Å². The van der Waals surface area contributed by atoms with Crippen molar-refractivity contribution in [3.8, 4) is 0 Å². The zero-order valence-corrected chi connectivity index (χ0v) is 7.11. The van der Waals surface area contributed by atoms with Gasteiger partial charge in [0.05, 0.1) is 10.9 Å². The maximum Gasteiger partial charge on any atom is 0.0931 e. The van der Waals surface area contributed by atoms with Crippen LogP contribution >= 0.6 is 22.9 Å². The highest BCUT2D eigenvalue weighted by molar-refractivity contribution is 7.16. The first kappa shape index (κ1) is 8.01. The van der Waals surface area contributed by atoms with Gasteiger partial charge in [-0.05, 0) is 12.1 Å². The molecule has 0 bridgehead atoms. The molecule has 0 aliphatic heterocycles. The molecule has 0 amide bonds. The van der Waals surface area contributed by atoms with Crippen molar-refractivity contribution in [2.24, 2.45) is 0 Å². The molecule has 2 nitrogen and oxygen atoms in total. The molecular weight excluding hydrogens is 170 g/mol. The van der Waals surface area contributed by atoms with E-state index in [0.717, 1.165) is 14.3 Å². The average molecular weight is 178 g/mol. The van der Waals surface area contributed by atoms with Gasteiger partial charge in [-0.25, -0.2) is 0 Å². The number of halogens is 1. The summed E-state index contributed by atoms with van der Waals surface area (Å²) in [4.78, 5) is 1.06. The normalized spacial score (nSPS) is 10.8. The van der Waals surface area contributed by atoms with Gasteiger partial charge in [-0.15, -0.1) is 11.3 Å². The fourth-order valence-electron chi connectivity index (χ4n) is 0.662. The predicted octanol–water partition coefficient (Wildman–Crippen LogP) is 2.22. The second kappa shape index (κ2) is 3.34. The van der Waals surface area contributed by atoms with Gasteiger partial charge in [-0.1, -0.05) is 11.6 Å². The Kier molecular flexibility index (Phi) is 2.68. The molecule has 1 rings (SSSR count). The second-order valence-corrected chi connectivity index (χ2v) is 3.82. The minimum Gasteiger partial charge on any atom is -0.314 e. The van der Waals surface area contributed by atoms with E-state index in [1.54, 1.807) is 7.05 Å².